The lowest BCUT2D eigenvalue weighted by atomic mass is 9.96. The van der Waals surface area contributed by atoms with Crippen molar-refractivity contribution in [2.75, 3.05) is 13.1 Å². The summed E-state index contributed by atoms with van der Waals surface area (Å²) in [5.74, 6) is -2.50. The van der Waals surface area contributed by atoms with Crippen LogP contribution in [-0.4, -0.2) is 54.5 Å². The molecule has 1 aliphatic heterocycles. The molecule has 4 rings (SSSR count). The van der Waals surface area contributed by atoms with E-state index >= 15 is 0 Å². The molecule has 1 saturated heterocycles. The van der Waals surface area contributed by atoms with Crippen molar-refractivity contribution in [3.63, 3.8) is 0 Å². The van der Waals surface area contributed by atoms with Crippen molar-refractivity contribution in [1.82, 2.24) is 29.3 Å². The number of nitrogens with one attached hydrogen (secondary N) is 1. The Kier molecular flexibility index (Phi) is 4.43. The molecule has 1 amide bonds. The van der Waals surface area contributed by atoms with E-state index in [4.69, 9.17) is 0 Å². The minimum atomic E-state index is -4.26. The molecular formula is C17H16F4N6O2. The van der Waals surface area contributed by atoms with E-state index in [1.165, 1.54) is 15.8 Å². The molecule has 0 aromatic carbocycles. The number of nitrogens with zero attached hydrogens (tertiary/aromatic N) is 5. The number of amides is 1. The maximum atomic E-state index is 13.4. The van der Waals surface area contributed by atoms with Gasteiger partial charge in [0.1, 0.15) is 11.3 Å². The Labute approximate surface area is 160 Å². The van der Waals surface area contributed by atoms with Crippen molar-refractivity contribution in [2.45, 2.75) is 25.9 Å². The molecule has 3 aromatic heterocycles. The molecule has 1 fully saturated rings. The zero-order valence-electron chi connectivity index (χ0n) is 15.2. The lowest BCUT2D eigenvalue weighted by molar-refractivity contribution is -0.183. The molecule has 12 heteroatoms. The number of hydrogen-bond acceptors (Lipinski definition) is 4. The second-order valence-electron chi connectivity index (χ2n) is 6.93. The van der Waals surface area contributed by atoms with Crippen molar-refractivity contribution in [2.24, 2.45) is 5.92 Å². The highest BCUT2D eigenvalue weighted by Crippen LogP contribution is 2.34. The molecular weight excluding hydrogens is 396 g/mol. The van der Waals surface area contributed by atoms with E-state index in [-0.39, 0.29) is 43.0 Å². The lowest BCUT2D eigenvalue weighted by Crippen LogP contribution is -2.42. The van der Waals surface area contributed by atoms with Gasteiger partial charge in [0.2, 0.25) is 5.95 Å². The van der Waals surface area contributed by atoms with E-state index < -0.39 is 29.4 Å². The fourth-order valence-corrected chi connectivity index (χ4v) is 3.47. The summed E-state index contributed by atoms with van der Waals surface area (Å²) in [5.41, 5.74) is -0.0317. The van der Waals surface area contributed by atoms with Gasteiger partial charge in [-0.05, 0) is 19.8 Å². The van der Waals surface area contributed by atoms with Crippen LogP contribution in [-0.2, 0) is 0 Å². The molecule has 1 aliphatic rings. The van der Waals surface area contributed by atoms with E-state index in [9.17, 15) is 27.2 Å². The van der Waals surface area contributed by atoms with Crippen molar-refractivity contribution < 1.29 is 22.4 Å². The Morgan fingerprint density at radius 2 is 1.97 bits per heavy atom. The number of alkyl halides is 3. The molecule has 0 aliphatic carbocycles. The zero-order chi connectivity index (χ0) is 20.9. The molecule has 1 N–H and O–H groups in total. The number of piperidine rings is 1. The molecule has 0 unspecified atom stereocenters. The summed E-state index contributed by atoms with van der Waals surface area (Å²) in [6.07, 6.45) is -2.25. The molecule has 0 radical (unpaired) electrons. The van der Waals surface area contributed by atoms with Crippen molar-refractivity contribution in [3.8, 4) is 5.95 Å². The van der Waals surface area contributed by atoms with Crippen LogP contribution < -0.4 is 5.56 Å². The first-order chi connectivity index (χ1) is 13.6. The van der Waals surface area contributed by atoms with Crippen molar-refractivity contribution >= 4 is 11.4 Å². The van der Waals surface area contributed by atoms with Crippen LogP contribution >= 0.6 is 0 Å². The average molecular weight is 412 g/mol. The molecule has 3 aromatic rings. The molecule has 29 heavy (non-hydrogen) atoms. The summed E-state index contributed by atoms with van der Waals surface area (Å²) in [6, 6.07) is 1.03. The van der Waals surface area contributed by atoms with Gasteiger partial charge < -0.3 is 4.90 Å². The van der Waals surface area contributed by atoms with Crippen LogP contribution in [0.25, 0.3) is 11.5 Å². The quantitative estimate of drug-likeness (QED) is 0.653. The van der Waals surface area contributed by atoms with Gasteiger partial charge in [-0.25, -0.2) is 13.6 Å². The number of H-pyrrole nitrogens is 1. The zero-order valence-corrected chi connectivity index (χ0v) is 15.2. The monoisotopic (exact) mass is 412 g/mol. The fourth-order valence-electron chi connectivity index (χ4n) is 3.47. The average Bonchev–Trinajstić information content (AvgIpc) is 3.23. The normalized spacial score (nSPS) is 16.0. The highest BCUT2D eigenvalue weighted by atomic mass is 19.4. The van der Waals surface area contributed by atoms with Crippen LogP contribution in [0.5, 0.6) is 0 Å². The standard InChI is InChI=1S/C17H16F4N6O2/c1-9-12(15(29)25-4-2-10(3-5-25)17(19,20)21)7-22-27(9)16-23-14(28)13-6-11(18)8-26(13)24-16/h6-8,10H,2-5H2,1H3,(H,23,24,28). The Balaban J connectivity index is 1.59. The summed E-state index contributed by atoms with van der Waals surface area (Å²) in [4.78, 5) is 28.7. The van der Waals surface area contributed by atoms with E-state index in [0.29, 0.717) is 5.69 Å². The Morgan fingerprint density at radius 1 is 1.28 bits per heavy atom. The molecule has 0 bridgehead atoms. The summed E-state index contributed by atoms with van der Waals surface area (Å²) >= 11 is 0. The number of fused-ring (bicyclic) bond motifs is 1. The predicted octanol–water partition coefficient (Wildman–Crippen LogP) is 2.07. The molecule has 8 nitrogen and oxygen atoms in total. The lowest BCUT2D eigenvalue weighted by Gasteiger charge is -2.32. The Bertz CT molecular complexity index is 1140. The second kappa shape index (κ2) is 6.71. The van der Waals surface area contributed by atoms with Crippen LogP contribution in [0.4, 0.5) is 17.6 Å². The van der Waals surface area contributed by atoms with E-state index in [0.717, 1.165) is 16.8 Å². The summed E-state index contributed by atoms with van der Waals surface area (Å²) in [7, 11) is 0. The SMILES string of the molecule is Cc1c(C(=O)N2CCC(C(F)(F)F)CC2)cnn1-c1nn2cc(F)cc2c(=O)[nH]1. The van der Waals surface area contributed by atoms with Crippen LogP contribution in [0.3, 0.4) is 0 Å². The first kappa shape index (κ1) is 19.2. The number of rotatable bonds is 2. The topological polar surface area (TPSA) is 88.3 Å². The third-order valence-corrected chi connectivity index (χ3v) is 5.11. The van der Waals surface area contributed by atoms with Crippen LogP contribution in [0.2, 0.25) is 0 Å². The van der Waals surface area contributed by atoms with E-state index in [2.05, 4.69) is 15.2 Å². The largest absolute Gasteiger partial charge is 0.391 e. The van der Waals surface area contributed by atoms with Gasteiger partial charge in [0.25, 0.3) is 11.5 Å². The fraction of sp³-hybridized carbons (Fsp3) is 0.412. The van der Waals surface area contributed by atoms with E-state index in [1.54, 1.807) is 6.92 Å². The molecule has 154 valence electrons. The summed E-state index contributed by atoms with van der Waals surface area (Å²) < 4.78 is 54.1. The van der Waals surface area contributed by atoms with E-state index in [1.807, 2.05) is 0 Å². The minimum absolute atomic E-state index is 0.00266. The van der Waals surface area contributed by atoms with Crippen LogP contribution in [0.1, 0.15) is 28.9 Å². The van der Waals surface area contributed by atoms with Gasteiger partial charge >= 0.3 is 6.18 Å². The number of aromatic nitrogens is 5. The van der Waals surface area contributed by atoms with Gasteiger partial charge in [0.05, 0.1) is 29.6 Å². The van der Waals surface area contributed by atoms with Gasteiger partial charge in [0.15, 0.2) is 0 Å². The molecule has 0 saturated carbocycles. The number of hydrogen-bond donors (Lipinski definition) is 1. The third-order valence-electron chi connectivity index (χ3n) is 5.11. The van der Waals surface area contributed by atoms with Gasteiger partial charge in [-0.1, -0.05) is 0 Å². The van der Waals surface area contributed by atoms with Crippen LogP contribution in [0, 0.1) is 18.7 Å². The number of carbonyl (C=O) groups is 1. The number of carbonyl (C=O) groups excluding carboxylic acids is 1. The number of halogens is 4. The summed E-state index contributed by atoms with van der Waals surface area (Å²) in [5, 5.41) is 8.14. The maximum Gasteiger partial charge on any atom is 0.391 e. The number of likely N-dealkylation sites (tertiary alicyclic amines) is 1. The summed E-state index contributed by atoms with van der Waals surface area (Å²) in [6.45, 7) is 1.57. The minimum Gasteiger partial charge on any atom is -0.339 e. The highest BCUT2D eigenvalue weighted by Gasteiger charge is 2.42. The van der Waals surface area contributed by atoms with Crippen molar-refractivity contribution in [3.05, 3.63) is 45.9 Å². The Morgan fingerprint density at radius 3 is 2.62 bits per heavy atom. The predicted molar refractivity (Wildman–Crippen MR) is 92.3 cm³/mol. The van der Waals surface area contributed by atoms with Gasteiger partial charge in [-0.2, -0.15) is 18.3 Å². The number of aromatic amines is 1. The maximum absolute atomic E-state index is 13.4. The smallest absolute Gasteiger partial charge is 0.339 e. The third kappa shape index (κ3) is 3.38. The molecule has 0 atom stereocenters. The first-order valence-electron chi connectivity index (χ1n) is 8.84. The first-order valence-corrected chi connectivity index (χ1v) is 8.84. The van der Waals surface area contributed by atoms with Gasteiger partial charge in [-0.15, -0.1) is 5.10 Å². The second-order valence-corrected chi connectivity index (χ2v) is 6.93. The molecule has 0 spiro atoms. The molecule has 4 heterocycles. The van der Waals surface area contributed by atoms with Crippen molar-refractivity contribution in [1.29, 1.82) is 0 Å². The van der Waals surface area contributed by atoms with Gasteiger partial charge in [0, 0.05) is 19.2 Å². The Hall–Kier alpha value is -3.18. The van der Waals surface area contributed by atoms with Gasteiger partial charge in [-0.3, -0.25) is 14.6 Å². The highest BCUT2D eigenvalue weighted by molar-refractivity contribution is 5.95. The van der Waals surface area contributed by atoms with Crippen LogP contribution in [0.15, 0.2) is 23.3 Å².